The van der Waals surface area contributed by atoms with Gasteiger partial charge in [-0.2, -0.15) is 0 Å². The van der Waals surface area contributed by atoms with Gasteiger partial charge in [0.05, 0.1) is 0 Å². The fourth-order valence-electron chi connectivity index (χ4n) is 1.03. The molecule has 4 nitrogen and oxygen atoms in total. The summed E-state index contributed by atoms with van der Waals surface area (Å²) in [5, 5.41) is 4.99. The predicted octanol–water partition coefficient (Wildman–Crippen LogP) is 1.09. The van der Waals surface area contributed by atoms with Crippen molar-refractivity contribution < 1.29 is 13.2 Å². The van der Waals surface area contributed by atoms with E-state index in [2.05, 4.69) is 0 Å². The maximum absolute atomic E-state index is 11.0. The Morgan fingerprint density at radius 1 is 1.36 bits per heavy atom. The van der Waals surface area contributed by atoms with Gasteiger partial charge in [-0.05, 0) is 18.6 Å². The minimum atomic E-state index is -3.64. The summed E-state index contributed by atoms with van der Waals surface area (Å²) < 4.78 is 27.3. The molecule has 5 heteroatoms. The zero-order valence-electron chi connectivity index (χ0n) is 7.88. The Hall–Kier alpha value is -1.07. The molecular formula is C9H13NO3S. The maximum atomic E-state index is 11.0. The van der Waals surface area contributed by atoms with Crippen LogP contribution in [0.4, 0.5) is 0 Å². The molecule has 1 aromatic carbocycles. The van der Waals surface area contributed by atoms with E-state index in [9.17, 15) is 8.42 Å². The fourth-order valence-corrected chi connectivity index (χ4v) is 1.74. The summed E-state index contributed by atoms with van der Waals surface area (Å²) in [7, 11) is -3.64. The van der Waals surface area contributed by atoms with E-state index in [1.165, 1.54) is 0 Å². The standard InChI is InChI=1S/C9H13NO3S/c1-2-9(14(10,11)12)13-8-6-4-3-5-7-8/h3-7,9H,2H2,1H3,(H2,10,11,12). The first-order valence-electron chi connectivity index (χ1n) is 4.27. The molecule has 1 unspecified atom stereocenters. The van der Waals surface area contributed by atoms with Crippen molar-refractivity contribution in [2.45, 2.75) is 18.8 Å². The normalized spacial score (nSPS) is 13.6. The van der Waals surface area contributed by atoms with Gasteiger partial charge in [0, 0.05) is 0 Å². The summed E-state index contributed by atoms with van der Waals surface area (Å²) in [6, 6.07) is 8.74. The quantitative estimate of drug-likeness (QED) is 0.817. The van der Waals surface area contributed by atoms with Gasteiger partial charge in [0.1, 0.15) is 5.75 Å². The van der Waals surface area contributed by atoms with E-state index >= 15 is 0 Å². The molecule has 2 N–H and O–H groups in total. The lowest BCUT2D eigenvalue weighted by molar-refractivity contribution is 0.269. The monoisotopic (exact) mass is 215 g/mol. The van der Waals surface area contributed by atoms with E-state index in [0.29, 0.717) is 12.2 Å². The largest absolute Gasteiger partial charge is 0.473 e. The Kier molecular flexibility index (Phi) is 3.49. The average Bonchev–Trinajstić information content (AvgIpc) is 2.14. The molecule has 1 rings (SSSR count). The Morgan fingerprint density at radius 2 is 1.93 bits per heavy atom. The second kappa shape index (κ2) is 4.43. The second-order valence-electron chi connectivity index (χ2n) is 2.86. The highest BCUT2D eigenvalue weighted by Gasteiger charge is 2.20. The van der Waals surface area contributed by atoms with E-state index in [1.54, 1.807) is 31.2 Å². The minimum absolute atomic E-state index is 0.327. The number of rotatable bonds is 4. The van der Waals surface area contributed by atoms with E-state index in [-0.39, 0.29) is 0 Å². The molecule has 1 aromatic rings. The molecule has 0 saturated heterocycles. The van der Waals surface area contributed by atoms with E-state index in [4.69, 9.17) is 9.88 Å². The zero-order chi connectivity index (χ0) is 10.6. The van der Waals surface area contributed by atoms with Crippen LogP contribution in [0.2, 0.25) is 0 Å². The summed E-state index contributed by atoms with van der Waals surface area (Å²) in [4.78, 5) is 0. The third-order valence-electron chi connectivity index (χ3n) is 1.71. The molecule has 0 aliphatic carbocycles. The first kappa shape index (κ1) is 11.0. The summed E-state index contributed by atoms with van der Waals surface area (Å²) in [5.41, 5.74) is -0.968. The van der Waals surface area contributed by atoms with Crippen LogP contribution in [0.25, 0.3) is 0 Å². The van der Waals surface area contributed by atoms with Crippen molar-refractivity contribution in [2.75, 3.05) is 0 Å². The van der Waals surface area contributed by atoms with Crippen LogP contribution in [-0.2, 0) is 10.0 Å². The van der Waals surface area contributed by atoms with Gasteiger partial charge in [0.25, 0.3) is 0 Å². The number of para-hydroxylation sites is 1. The van der Waals surface area contributed by atoms with Gasteiger partial charge in [0.15, 0.2) is 0 Å². The Labute approximate surface area is 83.7 Å². The predicted molar refractivity (Wildman–Crippen MR) is 54.3 cm³/mol. The molecule has 78 valence electrons. The van der Waals surface area contributed by atoms with Gasteiger partial charge in [-0.3, -0.25) is 0 Å². The number of benzene rings is 1. The van der Waals surface area contributed by atoms with Crippen LogP contribution < -0.4 is 9.88 Å². The molecule has 1 atom stereocenters. The Balaban J connectivity index is 2.77. The summed E-state index contributed by atoms with van der Waals surface area (Å²) in [5.74, 6) is 0.508. The molecule has 0 spiro atoms. The van der Waals surface area contributed by atoms with Gasteiger partial charge in [-0.25, -0.2) is 13.6 Å². The SMILES string of the molecule is CCC(Oc1ccccc1)S(N)(=O)=O. The van der Waals surface area contributed by atoms with Crippen molar-refractivity contribution in [3.8, 4) is 5.75 Å². The first-order valence-corrected chi connectivity index (χ1v) is 5.88. The third-order valence-corrected chi connectivity index (χ3v) is 2.87. The second-order valence-corrected chi connectivity index (χ2v) is 4.56. The molecule has 0 fully saturated rings. The van der Waals surface area contributed by atoms with Crippen molar-refractivity contribution in [1.29, 1.82) is 0 Å². The lowest BCUT2D eigenvalue weighted by Gasteiger charge is -2.14. The van der Waals surface area contributed by atoms with Crippen LogP contribution in [0, 0.1) is 0 Å². The van der Waals surface area contributed by atoms with Crippen LogP contribution in [-0.4, -0.2) is 13.9 Å². The summed E-state index contributed by atoms with van der Waals surface area (Å²) in [6.07, 6.45) is 0.327. The minimum Gasteiger partial charge on any atom is -0.473 e. The van der Waals surface area contributed by atoms with Crippen molar-refractivity contribution in [1.82, 2.24) is 0 Å². The molecule has 0 radical (unpaired) electrons. The van der Waals surface area contributed by atoms with E-state index in [0.717, 1.165) is 0 Å². The Morgan fingerprint density at radius 3 is 2.36 bits per heavy atom. The van der Waals surface area contributed by atoms with Crippen molar-refractivity contribution >= 4 is 10.0 Å². The maximum Gasteiger partial charge on any atom is 0.247 e. The van der Waals surface area contributed by atoms with Crippen molar-refractivity contribution in [3.63, 3.8) is 0 Å². The smallest absolute Gasteiger partial charge is 0.247 e. The van der Waals surface area contributed by atoms with Crippen LogP contribution in [0.3, 0.4) is 0 Å². The lowest BCUT2D eigenvalue weighted by Crippen LogP contribution is -2.32. The number of hydrogen-bond acceptors (Lipinski definition) is 3. The number of ether oxygens (including phenoxy) is 1. The highest BCUT2D eigenvalue weighted by molar-refractivity contribution is 7.89. The fraction of sp³-hybridized carbons (Fsp3) is 0.333. The molecule has 0 aromatic heterocycles. The lowest BCUT2D eigenvalue weighted by atomic mass is 10.3. The van der Waals surface area contributed by atoms with Gasteiger partial charge < -0.3 is 4.74 Å². The number of hydrogen-bond donors (Lipinski definition) is 1. The van der Waals surface area contributed by atoms with Crippen LogP contribution >= 0.6 is 0 Å². The average molecular weight is 215 g/mol. The first-order chi connectivity index (χ1) is 6.54. The van der Waals surface area contributed by atoms with Crippen LogP contribution in [0.1, 0.15) is 13.3 Å². The molecule has 0 aliphatic heterocycles. The Bertz CT molecular complexity index is 374. The molecule has 14 heavy (non-hydrogen) atoms. The van der Waals surface area contributed by atoms with Gasteiger partial charge in [-0.1, -0.05) is 25.1 Å². The molecule has 0 aliphatic rings. The van der Waals surface area contributed by atoms with Gasteiger partial charge in [-0.15, -0.1) is 0 Å². The number of primary sulfonamides is 1. The van der Waals surface area contributed by atoms with Gasteiger partial charge >= 0.3 is 0 Å². The van der Waals surface area contributed by atoms with Crippen molar-refractivity contribution in [3.05, 3.63) is 30.3 Å². The number of nitrogens with two attached hydrogens (primary N) is 1. The molecular weight excluding hydrogens is 202 g/mol. The van der Waals surface area contributed by atoms with Gasteiger partial charge in [0.2, 0.25) is 15.5 Å². The van der Waals surface area contributed by atoms with E-state index in [1.807, 2.05) is 6.07 Å². The highest BCUT2D eigenvalue weighted by atomic mass is 32.2. The van der Waals surface area contributed by atoms with E-state index < -0.39 is 15.5 Å². The highest BCUT2D eigenvalue weighted by Crippen LogP contribution is 2.14. The summed E-state index contributed by atoms with van der Waals surface area (Å²) >= 11 is 0. The number of sulfonamides is 1. The topological polar surface area (TPSA) is 69.4 Å². The van der Waals surface area contributed by atoms with Crippen LogP contribution in [0.15, 0.2) is 30.3 Å². The summed E-state index contributed by atoms with van der Waals surface area (Å²) in [6.45, 7) is 1.71. The van der Waals surface area contributed by atoms with Crippen LogP contribution in [0.5, 0.6) is 5.75 Å². The molecule has 0 amide bonds. The molecule has 0 bridgehead atoms. The van der Waals surface area contributed by atoms with Crippen molar-refractivity contribution in [2.24, 2.45) is 5.14 Å². The third kappa shape index (κ3) is 3.01. The molecule has 0 saturated carbocycles. The zero-order valence-corrected chi connectivity index (χ0v) is 8.70. The molecule has 0 heterocycles.